The van der Waals surface area contributed by atoms with E-state index in [-0.39, 0.29) is 11.7 Å². The second-order valence-electron chi connectivity index (χ2n) is 4.88. The van der Waals surface area contributed by atoms with Crippen molar-refractivity contribution < 1.29 is 9.47 Å². The van der Waals surface area contributed by atoms with Crippen LogP contribution in [0.4, 0.5) is 0 Å². The molecule has 2 heteroatoms. The van der Waals surface area contributed by atoms with Gasteiger partial charge in [-0.25, -0.2) is 0 Å². The molecule has 0 unspecified atom stereocenters. The van der Waals surface area contributed by atoms with Crippen molar-refractivity contribution in [1.29, 1.82) is 0 Å². The molecule has 0 amide bonds. The highest BCUT2D eigenvalue weighted by molar-refractivity contribution is 5.11. The molecule has 0 radical (unpaired) electrons. The third kappa shape index (κ3) is 3.05. The standard InChI is InChI=1S/C13H24O2/c1-6-15-13(3,4)11-8-7-10(2)12(9-11)14-5/h7,11-12H,6,8-9H2,1-5H3/t11-,12+/m1/s1. The third-order valence-electron chi connectivity index (χ3n) is 3.51. The largest absolute Gasteiger partial charge is 0.377 e. The third-order valence-corrected chi connectivity index (χ3v) is 3.51. The van der Waals surface area contributed by atoms with Gasteiger partial charge in [-0.3, -0.25) is 0 Å². The number of hydrogen-bond donors (Lipinski definition) is 0. The van der Waals surface area contributed by atoms with Crippen molar-refractivity contribution in [2.45, 2.75) is 52.2 Å². The summed E-state index contributed by atoms with van der Waals surface area (Å²) in [7, 11) is 1.79. The molecule has 0 aromatic heterocycles. The lowest BCUT2D eigenvalue weighted by Gasteiger charge is -2.38. The van der Waals surface area contributed by atoms with E-state index in [4.69, 9.17) is 9.47 Å². The Labute approximate surface area is 93.7 Å². The second-order valence-corrected chi connectivity index (χ2v) is 4.88. The number of methoxy groups -OCH3 is 1. The lowest BCUT2D eigenvalue weighted by molar-refractivity contribution is -0.0691. The molecule has 0 spiro atoms. The molecule has 0 aromatic rings. The van der Waals surface area contributed by atoms with Gasteiger partial charge in [-0.05, 0) is 52.0 Å². The van der Waals surface area contributed by atoms with Crippen LogP contribution in [0.25, 0.3) is 0 Å². The summed E-state index contributed by atoms with van der Waals surface area (Å²) in [6.45, 7) is 9.35. The minimum Gasteiger partial charge on any atom is -0.377 e. The number of hydrogen-bond acceptors (Lipinski definition) is 2. The molecule has 0 aliphatic heterocycles. The minimum atomic E-state index is -0.0390. The second kappa shape index (κ2) is 5.13. The maximum atomic E-state index is 5.81. The molecule has 1 aliphatic rings. The van der Waals surface area contributed by atoms with Crippen LogP contribution in [0, 0.1) is 5.92 Å². The molecule has 2 nitrogen and oxygen atoms in total. The predicted octanol–water partition coefficient (Wildman–Crippen LogP) is 3.17. The summed E-state index contributed by atoms with van der Waals surface area (Å²) >= 11 is 0. The molecule has 0 N–H and O–H groups in total. The Morgan fingerprint density at radius 3 is 2.67 bits per heavy atom. The molecule has 0 fully saturated rings. The van der Waals surface area contributed by atoms with Crippen LogP contribution >= 0.6 is 0 Å². The van der Waals surface area contributed by atoms with E-state index < -0.39 is 0 Å². The van der Waals surface area contributed by atoms with E-state index in [0.717, 1.165) is 19.4 Å². The molecule has 1 aliphatic carbocycles. The Morgan fingerprint density at radius 2 is 2.13 bits per heavy atom. The van der Waals surface area contributed by atoms with E-state index in [9.17, 15) is 0 Å². The summed E-state index contributed by atoms with van der Waals surface area (Å²) in [6, 6.07) is 0. The lowest BCUT2D eigenvalue weighted by Crippen LogP contribution is -2.38. The zero-order chi connectivity index (χ0) is 11.5. The number of allylic oxidation sites excluding steroid dienone is 1. The van der Waals surface area contributed by atoms with Crippen molar-refractivity contribution in [3.05, 3.63) is 11.6 Å². The Kier molecular flexibility index (Phi) is 4.35. The minimum absolute atomic E-state index is 0.0390. The van der Waals surface area contributed by atoms with E-state index in [1.165, 1.54) is 5.57 Å². The molecule has 88 valence electrons. The topological polar surface area (TPSA) is 18.5 Å². The van der Waals surface area contributed by atoms with E-state index >= 15 is 0 Å². The monoisotopic (exact) mass is 212 g/mol. The SMILES string of the molecule is CCOC(C)(C)[C@@H]1CC=C(C)[C@@H](OC)C1. The van der Waals surface area contributed by atoms with Gasteiger partial charge in [-0.2, -0.15) is 0 Å². The molecule has 1 rings (SSSR count). The molecule has 0 heterocycles. The van der Waals surface area contributed by atoms with E-state index in [2.05, 4.69) is 33.8 Å². The molecular formula is C13H24O2. The van der Waals surface area contributed by atoms with E-state index in [0.29, 0.717) is 5.92 Å². The van der Waals surface area contributed by atoms with Crippen molar-refractivity contribution in [1.82, 2.24) is 0 Å². The summed E-state index contributed by atoms with van der Waals surface area (Å²) < 4.78 is 11.3. The Bertz CT molecular complexity index is 231. The molecule has 15 heavy (non-hydrogen) atoms. The van der Waals surface area contributed by atoms with Gasteiger partial charge in [0, 0.05) is 13.7 Å². The highest BCUT2D eigenvalue weighted by atomic mass is 16.5. The summed E-state index contributed by atoms with van der Waals surface area (Å²) in [5.41, 5.74) is 1.32. The Morgan fingerprint density at radius 1 is 1.47 bits per heavy atom. The Balaban J connectivity index is 2.67. The van der Waals surface area contributed by atoms with Crippen LogP contribution in [-0.4, -0.2) is 25.4 Å². The van der Waals surface area contributed by atoms with Crippen LogP contribution in [0.1, 0.15) is 40.5 Å². The van der Waals surface area contributed by atoms with Gasteiger partial charge < -0.3 is 9.47 Å². The first-order valence-corrected chi connectivity index (χ1v) is 5.84. The van der Waals surface area contributed by atoms with Crippen LogP contribution in [0.15, 0.2) is 11.6 Å². The molecule has 0 aromatic carbocycles. The first-order valence-electron chi connectivity index (χ1n) is 5.84. The van der Waals surface area contributed by atoms with Gasteiger partial charge in [0.1, 0.15) is 0 Å². The van der Waals surface area contributed by atoms with Crippen LogP contribution in [0.2, 0.25) is 0 Å². The molecule has 0 saturated carbocycles. The van der Waals surface area contributed by atoms with Gasteiger partial charge >= 0.3 is 0 Å². The van der Waals surface area contributed by atoms with Gasteiger partial charge in [0.05, 0.1) is 11.7 Å². The van der Waals surface area contributed by atoms with Gasteiger partial charge in [-0.1, -0.05) is 6.08 Å². The van der Waals surface area contributed by atoms with Gasteiger partial charge in [0.2, 0.25) is 0 Å². The quantitative estimate of drug-likeness (QED) is 0.666. The predicted molar refractivity (Wildman–Crippen MR) is 63.0 cm³/mol. The molecule has 0 saturated heterocycles. The average molecular weight is 212 g/mol. The molecular weight excluding hydrogens is 188 g/mol. The lowest BCUT2D eigenvalue weighted by atomic mass is 9.78. The fraction of sp³-hybridized carbons (Fsp3) is 0.846. The van der Waals surface area contributed by atoms with Gasteiger partial charge in [0.25, 0.3) is 0 Å². The summed E-state index contributed by atoms with van der Waals surface area (Å²) in [4.78, 5) is 0. The molecule has 0 bridgehead atoms. The first-order chi connectivity index (χ1) is 7.01. The van der Waals surface area contributed by atoms with Crippen LogP contribution < -0.4 is 0 Å². The normalized spacial score (nSPS) is 27.7. The van der Waals surface area contributed by atoms with Crippen LogP contribution in [-0.2, 0) is 9.47 Å². The smallest absolute Gasteiger partial charge is 0.0782 e. The van der Waals surface area contributed by atoms with Crippen molar-refractivity contribution in [3.63, 3.8) is 0 Å². The summed E-state index contributed by atoms with van der Waals surface area (Å²) in [5, 5.41) is 0. The van der Waals surface area contributed by atoms with Gasteiger partial charge in [-0.15, -0.1) is 0 Å². The van der Waals surface area contributed by atoms with Crippen LogP contribution in [0.3, 0.4) is 0 Å². The van der Waals surface area contributed by atoms with E-state index in [1.54, 1.807) is 7.11 Å². The summed E-state index contributed by atoms with van der Waals surface area (Å²) in [5.74, 6) is 0.561. The van der Waals surface area contributed by atoms with Crippen molar-refractivity contribution in [2.75, 3.05) is 13.7 Å². The summed E-state index contributed by atoms with van der Waals surface area (Å²) in [6.07, 6.45) is 4.76. The maximum Gasteiger partial charge on any atom is 0.0782 e. The highest BCUT2D eigenvalue weighted by Crippen LogP contribution is 2.35. The van der Waals surface area contributed by atoms with Crippen LogP contribution in [0.5, 0.6) is 0 Å². The highest BCUT2D eigenvalue weighted by Gasteiger charge is 2.34. The Hall–Kier alpha value is -0.340. The fourth-order valence-electron chi connectivity index (χ4n) is 2.34. The number of rotatable bonds is 4. The average Bonchev–Trinajstić information content (AvgIpc) is 2.18. The zero-order valence-corrected chi connectivity index (χ0v) is 10.7. The maximum absolute atomic E-state index is 5.81. The zero-order valence-electron chi connectivity index (χ0n) is 10.7. The first kappa shape index (κ1) is 12.7. The van der Waals surface area contributed by atoms with Crippen molar-refractivity contribution in [2.24, 2.45) is 5.92 Å². The number of ether oxygens (including phenoxy) is 2. The fourth-order valence-corrected chi connectivity index (χ4v) is 2.34. The van der Waals surface area contributed by atoms with Crippen molar-refractivity contribution in [3.8, 4) is 0 Å². The molecule has 2 atom stereocenters. The van der Waals surface area contributed by atoms with E-state index in [1.807, 2.05) is 0 Å². The van der Waals surface area contributed by atoms with Crippen molar-refractivity contribution >= 4 is 0 Å². The van der Waals surface area contributed by atoms with Gasteiger partial charge in [0.15, 0.2) is 0 Å².